The summed E-state index contributed by atoms with van der Waals surface area (Å²) in [6.45, 7) is 1.31. The van der Waals surface area contributed by atoms with Gasteiger partial charge in [-0.3, -0.25) is 14.9 Å². The van der Waals surface area contributed by atoms with E-state index in [0.29, 0.717) is 18.3 Å². The molecule has 0 aromatic carbocycles. The van der Waals surface area contributed by atoms with Crippen LogP contribution in [-0.4, -0.2) is 47.6 Å². The van der Waals surface area contributed by atoms with Gasteiger partial charge in [0.2, 0.25) is 11.8 Å². The third-order valence-electron chi connectivity index (χ3n) is 3.76. The number of rotatable bonds is 2. The van der Waals surface area contributed by atoms with E-state index in [1.165, 1.54) is 4.88 Å². The van der Waals surface area contributed by atoms with Gasteiger partial charge in [0.25, 0.3) is 0 Å². The highest BCUT2D eigenvalue weighted by molar-refractivity contribution is 7.99. The number of nitrogens with one attached hydrogen (secondary N) is 2. The maximum Gasteiger partial charge on any atom is 0.322 e. The standard InChI is InChI=1S/C14H17N3O3S2/c18-12-8-9(15-14(20)16-12)13(19)17-4-3-11(22-7-5-17)10-2-1-6-21-10/h1-2,6,9,11H,3-5,7-8H2,(H2,15,16,18,20). The number of carbonyl (C=O) groups is 3. The second-order valence-corrected chi connectivity index (χ2v) is 7.56. The van der Waals surface area contributed by atoms with Crippen molar-refractivity contribution in [1.29, 1.82) is 0 Å². The Hall–Kier alpha value is -1.54. The highest BCUT2D eigenvalue weighted by Gasteiger charge is 2.33. The molecule has 2 N–H and O–H groups in total. The van der Waals surface area contributed by atoms with Crippen molar-refractivity contribution in [2.75, 3.05) is 18.8 Å². The molecule has 6 nitrogen and oxygen atoms in total. The third kappa shape index (κ3) is 3.44. The quantitative estimate of drug-likeness (QED) is 0.853. The van der Waals surface area contributed by atoms with Crippen molar-refractivity contribution in [2.45, 2.75) is 24.1 Å². The molecule has 118 valence electrons. The maximum atomic E-state index is 12.5. The van der Waals surface area contributed by atoms with Crippen LogP contribution in [0.1, 0.15) is 23.0 Å². The molecule has 1 aromatic rings. The van der Waals surface area contributed by atoms with Crippen molar-refractivity contribution in [1.82, 2.24) is 15.5 Å². The summed E-state index contributed by atoms with van der Waals surface area (Å²) in [5.41, 5.74) is 0. The van der Waals surface area contributed by atoms with E-state index in [9.17, 15) is 14.4 Å². The van der Waals surface area contributed by atoms with Crippen LogP contribution >= 0.6 is 23.1 Å². The first-order valence-electron chi connectivity index (χ1n) is 7.17. The average molecular weight is 339 g/mol. The summed E-state index contributed by atoms with van der Waals surface area (Å²) in [4.78, 5) is 38.4. The average Bonchev–Trinajstić information content (AvgIpc) is 2.90. The van der Waals surface area contributed by atoms with E-state index in [4.69, 9.17) is 0 Å². The maximum absolute atomic E-state index is 12.5. The van der Waals surface area contributed by atoms with Crippen LogP contribution in [-0.2, 0) is 9.59 Å². The zero-order valence-corrected chi connectivity index (χ0v) is 13.5. The van der Waals surface area contributed by atoms with Crippen molar-refractivity contribution < 1.29 is 14.4 Å². The Labute approximate surface area is 136 Å². The van der Waals surface area contributed by atoms with Gasteiger partial charge in [-0.2, -0.15) is 11.8 Å². The fourth-order valence-electron chi connectivity index (χ4n) is 2.67. The van der Waals surface area contributed by atoms with Crippen LogP contribution in [0.4, 0.5) is 4.79 Å². The highest BCUT2D eigenvalue weighted by atomic mass is 32.2. The van der Waals surface area contributed by atoms with Gasteiger partial charge in [-0.25, -0.2) is 4.79 Å². The van der Waals surface area contributed by atoms with E-state index in [1.54, 1.807) is 16.2 Å². The van der Waals surface area contributed by atoms with E-state index >= 15 is 0 Å². The Morgan fingerprint density at radius 3 is 2.91 bits per heavy atom. The van der Waals surface area contributed by atoms with Crippen LogP contribution < -0.4 is 10.6 Å². The largest absolute Gasteiger partial charge is 0.340 e. The molecular weight excluding hydrogens is 322 g/mol. The second-order valence-electron chi connectivity index (χ2n) is 5.27. The molecule has 8 heteroatoms. The monoisotopic (exact) mass is 339 g/mol. The summed E-state index contributed by atoms with van der Waals surface area (Å²) in [7, 11) is 0. The van der Waals surface area contributed by atoms with Gasteiger partial charge < -0.3 is 10.2 Å². The summed E-state index contributed by atoms with van der Waals surface area (Å²) in [6.07, 6.45) is 0.909. The van der Waals surface area contributed by atoms with Gasteiger partial charge >= 0.3 is 6.03 Å². The lowest BCUT2D eigenvalue weighted by Gasteiger charge is -2.28. The van der Waals surface area contributed by atoms with Crippen LogP contribution in [0.5, 0.6) is 0 Å². The van der Waals surface area contributed by atoms with Gasteiger partial charge in [0.1, 0.15) is 6.04 Å². The molecule has 2 aliphatic heterocycles. The lowest BCUT2D eigenvalue weighted by Crippen LogP contribution is -2.58. The van der Waals surface area contributed by atoms with Crippen molar-refractivity contribution in [3.63, 3.8) is 0 Å². The summed E-state index contributed by atoms with van der Waals surface area (Å²) in [5.74, 6) is 0.305. The van der Waals surface area contributed by atoms with Crippen molar-refractivity contribution in [2.24, 2.45) is 0 Å². The molecule has 0 spiro atoms. The molecule has 4 amide bonds. The fraction of sp³-hybridized carbons (Fsp3) is 0.500. The van der Waals surface area contributed by atoms with Crippen LogP contribution in [0.2, 0.25) is 0 Å². The highest BCUT2D eigenvalue weighted by Crippen LogP contribution is 2.36. The second kappa shape index (κ2) is 6.70. The van der Waals surface area contributed by atoms with E-state index in [1.807, 2.05) is 17.8 Å². The smallest absolute Gasteiger partial charge is 0.322 e. The topological polar surface area (TPSA) is 78.5 Å². The van der Waals surface area contributed by atoms with Gasteiger partial charge in [0.15, 0.2) is 0 Å². The molecule has 0 aliphatic carbocycles. The fourth-order valence-corrected chi connectivity index (χ4v) is 4.91. The number of hydrogen-bond donors (Lipinski definition) is 2. The molecule has 2 fully saturated rings. The van der Waals surface area contributed by atoms with Crippen LogP contribution in [0.25, 0.3) is 0 Å². The Kier molecular flexibility index (Phi) is 4.68. The summed E-state index contributed by atoms with van der Waals surface area (Å²) < 4.78 is 0. The van der Waals surface area contributed by atoms with Crippen LogP contribution in [0, 0.1) is 0 Å². The molecule has 3 heterocycles. The Bertz CT molecular complexity index is 560. The molecule has 0 bridgehead atoms. The number of carbonyl (C=O) groups excluding carboxylic acids is 3. The third-order valence-corrected chi connectivity index (χ3v) is 6.20. The normalized spacial score (nSPS) is 26.1. The molecule has 3 rings (SSSR count). The molecule has 0 saturated carbocycles. The number of nitrogens with zero attached hydrogens (tertiary/aromatic N) is 1. The molecule has 0 radical (unpaired) electrons. The van der Waals surface area contributed by atoms with Gasteiger partial charge in [0.05, 0.1) is 6.42 Å². The van der Waals surface area contributed by atoms with Gasteiger partial charge in [-0.1, -0.05) is 6.07 Å². The number of thioether (sulfide) groups is 1. The molecule has 22 heavy (non-hydrogen) atoms. The van der Waals surface area contributed by atoms with Gasteiger partial charge in [-0.05, 0) is 17.9 Å². The SMILES string of the molecule is O=C1CC(C(=O)N2CCSC(c3cccs3)CC2)NC(=O)N1. The van der Waals surface area contributed by atoms with E-state index in [2.05, 4.69) is 22.1 Å². The zero-order valence-electron chi connectivity index (χ0n) is 11.9. The first-order valence-corrected chi connectivity index (χ1v) is 9.10. The van der Waals surface area contributed by atoms with E-state index in [0.717, 1.165) is 12.2 Å². The first kappa shape index (κ1) is 15.4. The van der Waals surface area contributed by atoms with Gasteiger partial charge in [-0.15, -0.1) is 11.3 Å². The van der Waals surface area contributed by atoms with Crippen LogP contribution in [0.3, 0.4) is 0 Å². The number of hydrogen-bond acceptors (Lipinski definition) is 5. The van der Waals surface area contributed by atoms with Crippen molar-refractivity contribution in [3.8, 4) is 0 Å². The minimum absolute atomic E-state index is 0.0164. The Balaban J connectivity index is 1.61. The predicted molar refractivity (Wildman–Crippen MR) is 85.8 cm³/mol. The lowest BCUT2D eigenvalue weighted by molar-refractivity contribution is -0.136. The van der Waals surface area contributed by atoms with Crippen molar-refractivity contribution >= 4 is 40.9 Å². The zero-order chi connectivity index (χ0) is 15.5. The van der Waals surface area contributed by atoms with Crippen molar-refractivity contribution in [3.05, 3.63) is 22.4 Å². The van der Waals surface area contributed by atoms with E-state index < -0.39 is 18.0 Å². The minimum atomic E-state index is -0.732. The molecule has 1 aromatic heterocycles. The number of amides is 4. The first-order chi connectivity index (χ1) is 10.6. The van der Waals surface area contributed by atoms with Gasteiger partial charge in [0, 0.05) is 29.0 Å². The summed E-state index contributed by atoms with van der Waals surface area (Å²) >= 11 is 3.60. The summed E-state index contributed by atoms with van der Waals surface area (Å²) in [6, 6.07) is 2.86. The van der Waals surface area contributed by atoms with Crippen LogP contribution in [0.15, 0.2) is 17.5 Å². The molecular formula is C14H17N3O3S2. The predicted octanol–water partition coefficient (Wildman–Crippen LogP) is 1.35. The Morgan fingerprint density at radius 1 is 1.32 bits per heavy atom. The minimum Gasteiger partial charge on any atom is -0.340 e. The number of thiophene rings is 1. The Morgan fingerprint density at radius 2 is 2.18 bits per heavy atom. The van der Waals surface area contributed by atoms with E-state index in [-0.39, 0.29) is 12.3 Å². The molecule has 2 saturated heterocycles. The summed E-state index contributed by atoms with van der Waals surface area (Å²) in [5, 5.41) is 7.17. The number of imide groups is 1. The number of urea groups is 1. The lowest BCUT2D eigenvalue weighted by atomic mass is 10.1. The molecule has 2 atom stereocenters. The molecule has 2 aliphatic rings. The molecule has 2 unspecified atom stereocenters.